The summed E-state index contributed by atoms with van der Waals surface area (Å²) in [6.07, 6.45) is -11.0. The van der Waals surface area contributed by atoms with Gasteiger partial charge in [-0.15, -0.1) is 0 Å². The Labute approximate surface area is 132 Å². The third-order valence-electron chi connectivity index (χ3n) is 2.73. The number of rotatable bonds is 4. The molecule has 0 aliphatic carbocycles. The van der Waals surface area contributed by atoms with Crippen molar-refractivity contribution in [2.75, 3.05) is 0 Å². The normalized spacial score (nSPS) is 20.9. The average molecular weight is 460 g/mol. The third-order valence-corrected chi connectivity index (χ3v) is 5.54. The molecule has 0 spiro atoms. The largest absolute Gasteiger partial charge is 0.435 e. The molecule has 0 aliphatic heterocycles. The van der Waals surface area contributed by atoms with E-state index in [0.29, 0.717) is 27.7 Å². The summed E-state index contributed by atoms with van der Waals surface area (Å²) in [5.41, 5.74) is -5.71. The minimum Gasteiger partial charge on any atom is -0.360 e. The summed E-state index contributed by atoms with van der Waals surface area (Å²) >= 11 is 3.52. The van der Waals surface area contributed by atoms with E-state index in [1.807, 2.05) is 0 Å². The quantitative estimate of drug-likeness (QED) is 0.381. The van der Waals surface area contributed by atoms with E-state index in [4.69, 9.17) is 0 Å². The molecule has 0 amide bonds. The lowest BCUT2D eigenvalue weighted by Gasteiger charge is -2.46. The fourth-order valence-corrected chi connectivity index (χ4v) is 1.61. The number of ether oxygens (including phenoxy) is 1. The number of halogens is 10. The topological polar surface area (TPSA) is 9.23 Å². The Bertz CT molecular complexity index is 347. The van der Waals surface area contributed by atoms with Gasteiger partial charge < -0.3 is 4.74 Å². The van der Waals surface area contributed by atoms with Crippen LogP contribution in [-0.4, -0.2) is 32.7 Å². The summed E-state index contributed by atoms with van der Waals surface area (Å²) in [7, 11) is 0. The average Bonchev–Trinajstić information content (AvgIpc) is 2.11. The number of hydrogen-bond acceptors (Lipinski definition) is 1. The van der Waals surface area contributed by atoms with Gasteiger partial charge in [0.15, 0.2) is 0 Å². The molecule has 0 N–H and O–H groups in total. The third kappa shape index (κ3) is 3.82. The van der Waals surface area contributed by atoms with Crippen molar-refractivity contribution >= 4 is 31.9 Å². The Hall–Kier alpha value is 0.360. The number of hydrogen-bond donors (Lipinski definition) is 0. The molecule has 0 aromatic rings. The van der Waals surface area contributed by atoms with Gasteiger partial charge >= 0.3 is 12.4 Å². The lowest BCUT2D eigenvalue weighted by Crippen LogP contribution is -2.62. The summed E-state index contributed by atoms with van der Waals surface area (Å²) < 4.78 is 99.5. The predicted octanol–water partition coefficient (Wildman–Crippen LogP) is 5.81. The molecule has 2 atom stereocenters. The zero-order valence-electron chi connectivity index (χ0n) is 11.2. The summed E-state index contributed by atoms with van der Waals surface area (Å²) in [5.74, 6) is 0. The second kappa shape index (κ2) is 5.47. The van der Waals surface area contributed by atoms with Gasteiger partial charge in [0.05, 0.1) is 0 Å². The molecule has 21 heavy (non-hydrogen) atoms. The van der Waals surface area contributed by atoms with Crippen molar-refractivity contribution in [3.05, 3.63) is 0 Å². The Morgan fingerprint density at radius 2 is 0.762 bits per heavy atom. The molecule has 0 fully saturated rings. The molecule has 0 bridgehead atoms. The molecule has 0 aromatic carbocycles. The predicted molar refractivity (Wildman–Crippen MR) is 66.9 cm³/mol. The first-order valence-electron chi connectivity index (χ1n) is 5.30. The maximum absolute atomic E-state index is 13.8. The first kappa shape index (κ1) is 21.4. The van der Waals surface area contributed by atoms with Crippen LogP contribution in [0.15, 0.2) is 0 Å². The molecule has 0 aromatic heterocycles. The van der Waals surface area contributed by atoms with Gasteiger partial charge in [0, 0.05) is 0 Å². The summed E-state index contributed by atoms with van der Waals surface area (Å²) in [5, 5.41) is 0. The maximum atomic E-state index is 13.8. The van der Waals surface area contributed by atoms with Crippen LogP contribution in [0.2, 0.25) is 0 Å². The van der Waals surface area contributed by atoms with Crippen LogP contribution in [0, 0.1) is 0 Å². The molecule has 0 rings (SSSR count). The van der Waals surface area contributed by atoms with E-state index in [0.717, 1.165) is 0 Å². The lowest BCUT2D eigenvalue weighted by molar-refractivity contribution is -0.304. The van der Waals surface area contributed by atoms with Crippen LogP contribution in [0.3, 0.4) is 0 Å². The molecule has 1 nitrogen and oxygen atoms in total. The molecule has 0 radical (unpaired) electrons. The van der Waals surface area contributed by atoms with E-state index in [9.17, 15) is 35.1 Å². The van der Waals surface area contributed by atoms with Crippen LogP contribution in [0.5, 0.6) is 0 Å². The van der Waals surface area contributed by atoms with E-state index in [1.54, 1.807) is 31.9 Å². The summed E-state index contributed by atoms with van der Waals surface area (Å²) in [4.78, 5) is 0. The molecule has 2 unspecified atom stereocenters. The van der Waals surface area contributed by atoms with Crippen molar-refractivity contribution in [2.45, 2.75) is 60.4 Å². The Balaban J connectivity index is 5.65. The summed E-state index contributed by atoms with van der Waals surface area (Å²) in [6.45, 7) is 2.21. The van der Waals surface area contributed by atoms with E-state index in [-0.39, 0.29) is 0 Å². The SMILES string of the molecule is CC(C)(OC(C)(C)C(F)(Br)C(F)(F)F)C(F)(Br)C(F)(F)F. The van der Waals surface area contributed by atoms with Crippen molar-refractivity contribution in [1.29, 1.82) is 0 Å². The number of alkyl halides is 10. The molecular weight excluding hydrogens is 448 g/mol. The minimum absolute atomic E-state index is 0.552. The van der Waals surface area contributed by atoms with Crippen molar-refractivity contribution in [3.8, 4) is 0 Å². The molecule has 0 heterocycles. The zero-order valence-corrected chi connectivity index (χ0v) is 14.4. The van der Waals surface area contributed by atoms with Crippen molar-refractivity contribution in [3.63, 3.8) is 0 Å². The second-order valence-electron chi connectivity index (χ2n) is 5.27. The van der Waals surface area contributed by atoms with Crippen molar-refractivity contribution in [1.82, 2.24) is 0 Å². The monoisotopic (exact) mass is 458 g/mol. The van der Waals surface area contributed by atoms with Gasteiger partial charge in [-0.1, -0.05) is 0 Å². The van der Waals surface area contributed by atoms with Crippen molar-refractivity contribution < 1.29 is 39.9 Å². The highest BCUT2D eigenvalue weighted by atomic mass is 79.9. The Morgan fingerprint density at radius 1 is 0.571 bits per heavy atom. The van der Waals surface area contributed by atoms with Gasteiger partial charge in [-0.3, -0.25) is 0 Å². The zero-order chi connectivity index (χ0) is 17.7. The van der Waals surface area contributed by atoms with Gasteiger partial charge in [0.1, 0.15) is 11.2 Å². The van der Waals surface area contributed by atoms with Crippen molar-refractivity contribution in [2.24, 2.45) is 0 Å². The molecule has 0 saturated heterocycles. The van der Waals surface area contributed by atoms with Gasteiger partial charge in [0.25, 0.3) is 9.16 Å². The molecule has 0 saturated carbocycles. The first-order chi connectivity index (χ1) is 8.71. The van der Waals surface area contributed by atoms with Crippen LogP contribution in [0.25, 0.3) is 0 Å². The second-order valence-corrected chi connectivity index (χ2v) is 7.45. The van der Waals surface area contributed by atoms with Crippen LogP contribution in [0.1, 0.15) is 27.7 Å². The minimum atomic E-state index is -5.49. The lowest BCUT2D eigenvalue weighted by atomic mass is 9.96. The van der Waals surface area contributed by atoms with E-state index in [1.165, 1.54) is 0 Å². The Morgan fingerprint density at radius 3 is 0.905 bits per heavy atom. The van der Waals surface area contributed by atoms with E-state index < -0.39 is 32.7 Å². The first-order valence-corrected chi connectivity index (χ1v) is 6.88. The van der Waals surface area contributed by atoms with Crippen LogP contribution < -0.4 is 0 Å². The van der Waals surface area contributed by atoms with Gasteiger partial charge in [-0.05, 0) is 59.6 Å². The van der Waals surface area contributed by atoms with Crippen LogP contribution in [-0.2, 0) is 4.74 Å². The van der Waals surface area contributed by atoms with Crippen LogP contribution >= 0.6 is 31.9 Å². The highest BCUT2D eigenvalue weighted by Gasteiger charge is 2.70. The molecule has 0 aliphatic rings. The van der Waals surface area contributed by atoms with E-state index in [2.05, 4.69) is 4.74 Å². The molecule has 128 valence electrons. The summed E-state index contributed by atoms with van der Waals surface area (Å²) in [6, 6.07) is 0. The highest BCUT2D eigenvalue weighted by molar-refractivity contribution is 9.10. The van der Waals surface area contributed by atoms with Gasteiger partial charge in [0.2, 0.25) is 0 Å². The maximum Gasteiger partial charge on any atom is 0.435 e. The van der Waals surface area contributed by atoms with E-state index >= 15 is 0 Å². The fraction of sp³-hybridized carbons (Fsp3) is 1.00. The van der Waals surface area contributed by atoms with Gasteiger partial charge in [-0.2, -0.15) is 26.3 Å². The standard InChI is InChI=1S/C10H12Br2F8O/c1-5(2,7(11,13)9(15,16)17)21-6(3,4)8(12,14)10(18,19)20/h1-4H3. The highest BCUT2D eigenvalue weighted by Crippen LogP contribution is 2.54. The molecular formula is C10H12Br2F8O. The van der Waals surface area contributed by atoms with Gasteiger partial charge in [-0.25, -0.2) is 8.78 Å². The molecule has 11 heteroatoms. The Kier molecular flexibility index (Phi) is 5.56. The van der Waals surface area contributed by atoms with Crippen LogP contribution in [0.4, 0.5) is 35.1 Å². The smallest absolute Gasteiger partial charge is 0.360 e. The fourth-order valence-electron chi connectivity index (χ4n) is 1.45.